The van der Waals surface area contributed by atoms with Gasteiger partial charge in [0.25, 0.3) is 0 Å². The molecule has 2 unspecified atom stereocenters. The van der Waals surface area contributed by atoms with E-state index >= 15 is 0 Å². The normalized spacial score (nSPS) is 13.0. The lowest BCUT2D eigenvalue weighted by Gasteiger charge is -2.18. The van der Waals surface area contributed by atoms with E-state index in [0.29, 0.717) is 37.5 Å². The fourth-order valence-electron chi connectivity index (χ4n) is 1.94. The molecule has 8 N–H and O–H groups in total. The van der Waals surface area contributed by atoms with Gasteiger partial charge in [0, 0.05) is 13.6 Å². The Morgan fingerprint density at radius 3 is 2.39 bits per heavy atom. The summed E-state index contributed by atoms with van der Waals surface area (Å²) in [5, 5.41) is 18.0. The number of carbonyl (C=O) groups excluding carboxylic acids is 1. The van der Waals surface area contributed by atoms with Gasteiger partial charge in [-0.25, -0.2) is 4.79 Å². The molecule has 0 aliphatic heterocycles. The number of carboxylic acids is 1. The third-order valence-electron chi connectivity index (χ3n) is 3.35. The molecule has 134 valence electrons. The van der Waals surface area contributed by atoms with E-state index in [-0.39, 0.29) is 0 Å². The maximum atomic E-state index is 11.9. The average Bonchev–Trinajstić information content (AvgIpc) is 2.52. The van der Waals surface area contributed by atoms with Crippen molar-refractivity contribution in [2.75, 3.05) is 20.1 Å². The van der Waals surface area contributed by atoms with E-state index in [4.69, 9.17) is 28.8 Å². The number of hydrogen-bond acceptors (Lipinski definition) is 5. The fourth-order valence-corrected chi connectivity index (χ4v) is 2.04. The summed E-state index contributed by atoms with van der Waals surface area (Å²) in [6.45, 7) is 1.20. The number of nitrogens with two attached hydrogens (primary N) is 2. The van der Waals surface area contributed by atoms with Crippen LogP contribution in [0.25, 0.3) is 0 Å². The third kappa shape index (κ3) is 10.8. The average molecular weight is 347 g/mol. The number of rotatable bonds is 12. The van der Waals surface area contributed by atoms with Gasteiger partial charge in [0.2, 0.25) is 5.91 Å². The van der Waals surface area contributed by atoms with Crippen LogP contribution >= 0.6 is 12.2 Å². The van der Waals surface area contributed by atoms with Crippen molar-refractivity contribution < 1.29 is 14.7 Å². The Morgan fingerprint density at radius 2 is 1.83 bits per heavy atom. The topological polar surface area (TPSA) is 142 Å². The second kappa shape index (κ2) is 13.0. The van der Waals surface area contributed by atoms with Crippen molar-refractivity contribution in [2.45, 2.75) is 50.6 Å². The maximum absolute atomic E-state index is 11.9. The van der Waals surface area contributed by atoms with Gasteiger partial charge in [-0.15, -0.1) is 0 Å². The van der Waals surface area contributed by atoms with Crippen LogP contribution in [0.1, 0.15) is 38.5 Å². The van der Waals surface area contributed by atoms with Crippen LogP contribution < -0.4 is 27.4 Å². The summed E-state index contributed by atoms with van der Waals surface area (Å²) >= 11 is 4.94. The highest BCUT2D eigenvalue weighted by Crippen LogP contribution is 2.03. The van der Waals surface area contributed by atoms with Gasteiger partial charge >= 0.3 is 5.97 Å². The van der Waals surface area contributed by atoms with Crippen LogP contribution in [-0.2, 0) is 9.59 Å². The highest BCUT2D eigenvalue weighted by atomic mass is 32.1. The Morgan fingerprint density at radius 1 is 1.17 bits per heavy atom. The minimum Gasteiger partial charge on any atom is -0.480 e. The highest BCUT2D eigenvalue weighted by Gasteiger charge is 2.22. The van der Waals surface area contributed by atoms with E-state index in [1.54, 1.807) is 7.05 Å². The first-order valence-corrected chi connectivity index (χ1v) is 8.27. The number of hydrogen-bond donors (Lipinski definition) is 6. The van der Waals surface area contributed by atoms with Crippen LogP contribution in [0.3, 0.4) is 0 Å². The first-order valence-electron chi connectivity index (χ1n) is 7.86. The van der Waals surface area contributed by atoms with Crippen LogP contribution in [0.5, 0.6) is 0 Å². The molecule has 0 fully saturated rings. The minimum atomic E-state index is -1.05. The lowest BCUT2D eigenvalue weighted by atomic mass is 10.1. The van der Waals surface area contributed by atoms with Gasteiger partial charge in [-0.2, -0.15) is 0 Å². The van der Waals surface area contributed by atoms with Crippen LogP contribution in [-0.4, -0.2) is 54.3 Å². The van der Waals surface area contributed by atoms with E-state index in [2.05, 4.69) is 16.0 Å². The number of nitrogens with one attached hydrogen (secondary N) is 3. The zero-order chi connectivity index (χ0) is 17.7. The molecule has 8 nitrogen and oxygen atoms in total. The summed E-state index contributed by atoms with van der Waals surface area (Å²) in [4.78, 5) is 23.1. The number of unbranched alkanes of at least 4 members (excludes halogenated alkanes) is 2. The minimum absolute atomic E-state index is 0.358. The van der Waals surface area contributed by atoms with Crippen molar-refractivity contribution >= 4 is 29.2 Å². The SMILES string of the molecule is CNC(=S)NCCCCC(N)C(=O)NC(CCCCN)C(=O)O. The van der Waals surface area contributed by atoms with E-state index in [0.717, 1.165) is 19.3 Å². The van der Waals surface area contributed by atoms with E-state index in [9.17, 15) is 9.59 Å². The molecular formula is C14H29N5O3S. The van der Waals surface area contributed by atoms with E-state index < -0.39 is 24.0 Å². The monoisotopic (exact) mass is 347 g/mol. The number of amides is 1. The Labute approximate surface area is 142 Å². The van der Waals surface area contributed by atoms with Gasteiger partial charge in [-0.3, -0.25) is 4.79 Å². The Balaban J connectivity index is 4.01. The van der Waals surface area contributed by atoms with Crippen molar-refractivity contribution in [3.05, 3.63) is 0 Å². The van der Waals surface area contributed by atoms with Gasteiger partial charge in [-0.05, 0) is 57.3 Å². The number of carbonyl (C=O) groups is 2. The van der Waals surface area contributed by atoms with Gasteiger partial charge in [0.1, 0.15) is 6.04 Å². The molecule has 2 atom stereocenters. The molecule has 0 aliphatic carbocycles. The van der Waals surface area contributed by atoms with Gasteiger partial charge < -0.3 is 32.5 Å². The summed E-state index contributed by atoms with van der Waals surface area (Å²) in [5.41, 5.74) is 11.2. The van der Waals surface area contributed by atoms with Crippen LogP contribution in [0, 0.1) is 0 Å². The van der Waals surface area contributed by atoms with Gasteiger partial charge in [0.15, 0.2) is 5.11 Å². The summed E-state index contributed by atoms with van der Waals surface area (Å²) in [6.07, 6.45) is 3.80. The second-order valence-electron chi connectivity index (χ2n) is 5.29. The first-order chi connectivity index (χ1) is 10.9. The predicted molar refractivity (Wildman–Crippen MR) is 94.0 cm³/mol. The highest BCUT2D eigenvalue weighted by molar-refractivity contribution is 7.80. The summed E-state index contributed by atoms with van der Waals surface area (Å²) in [6, 6.07) is -1.61. The van der Waals surface area contributed by atoms with Crippen molar-refractivity contribution in [3.8, 4) is 0 Å². The summed E-state index contributed by atoms with van der Waals surface area (Å²) in [7, 11) is 1.74. The molecule has 0 rings (SSSR count). The quantitative estimate of drug-likeness (QED) is 0.200. The zero-order valence-electron chi connectivity index (χ0n) is 13.6. The summed E-state index contributed by atoms with van der Waals surface area (Å²) < 4.78 is 0. The number of aliphatic carboxylic acids is 1. The molecule has 0 saturated carbocycles. The molecule has 1 amide bonds. The fraction of sp³-hybridized carbons (Fsp3) is 0.786. The summed E-state index contributed by atoms with van der Waals surface area (Å²) in [5.74, 6) is -1.48. The first kappa shape index (κ1) is 21.6. The molecule has 0 aromatic heterocycles. The molecule has 0 bridgehead atoms. The van der Waals surface area contributed by atoms with Crippen molar-refractivity contribution in [1.29, 1.82) is 0 Å². The van der Waals surface area contributed by atoms with Gasteiger partial charge in [0.05, 0.1) is 6.04 Å². The van der Waals surface area contributed by atoms with Crippen molar-refractivity contribution in [3.63, 3.8) is 0 Å². The van der Waals surface area contributed by atoms with Crippen molar-refractivity contribution in [2.24, 2.45) is 11.5 Å². The molecule has 0 saturated heterocycles. The molecule has 0 aliphatic rings. The largest absolute Gasteiger partial charge is 0.480 e. The molecule has 23 heavy (non-hydrogen) atoms. The molecular weight excluding hydrogens is 318 g/mol. The Hall–Kier alpha value is -1.45. The van der Waals surface area contributed by atoms with E-state index in [1.807, 2.05) is 0 Å². The Kier molecular flexibility index (Phi) is 12.2. The molecule has 0 spiro atoms. The standard InChI is InChI=1S/C14H29N5O3S/c1-17-14(23)18-9-5-3-6-10(16)12(20)19-11(13(21)22)7-2-4-8-15/h10-11H,2-9,15-16H2,1H3,(H,19,20)(H,21,22)(H2,17,18,23). The van der Waals surface area contributed by atoms with Gasteiger partial charge in [-0.1, -0.05) is 0 Å². The van der Waals surface area contributed by atoms with Crippen LogP contribution in [0.15, 0.2) is 0 Å². The molecule has 0 radical (unpaired) electrons. The van der Waals surface area contributed by atoms with Crippen LogP contribution in [0.4, 0.5) is 0 Å². The maximum Gasteiger partial charge on any atom is 0.326 e. The van der Waals surface area contributed by atoms with E-state index in [1.165, 1.54) is 0 Å². The molecule has 0 aromatic carbocycles. The molecule has 0 heterocycles. The predicted octanol–water partition coefficient (Wildman–Crippen LogP) is -0.724. The lowest BCUT2D eigenvalue weighted by molar-refractivity contribution is -0.142. The molecule has 0 aromatic rings. The lowest BCUT2D eigenvalue weighted by Crippen LogP contribution is -2.48. The Bertz CT molecular complexity index is 381. The second-order valence-corrected chi connectivity index (χ2v) is 5.70. The van der Waals surface area contributed by atoms with Crippen molar-refractivity contribution in [1.82, 2.24) is 16.0 Å². The zero-order valence-corrected chi connectivity index (χ0v) is 14.5. The number of carboxylic acid groups (broad SMARTS) is 1. The van der Waals surface area contributed by atoms with Crippen LogP contribution in [0.2, 0.25) is 0 Å². The number of thiocarbonyl (C=S) groups is 1. The molecule has 9 heteroatoms. The third-order valence-corrected chi connectivity index (χ3v) is 3.70. The smallest absolute Gasteiger partial charge is 0.326 e.